The molecule has 3 aromatic rings. The van der Waals surface area contributed by atoms with Crippen molar-refractivity contribution in [3.63, 3.8) is 0 Å². The molecular formula is C20H23N5OS. The summed E-state index contributed by atoms with van der Waals surface area (Å²) in [6.45, 7) is 2.00. The van der Waals surface area contributed by atoms with E-state index >= 15 is 0 Å². The Kier molecular flexibility index (Phi) is 5.81. The first-order valence-corrected chi connectivity index (χ1v) is 9.59. The third-order valence-electron chi connectivity index (χ3n) is 4.11. The number of hydrogen-bond acceptors (Lipinski definition) is 5. The molecule has 1 aromatic heterocycles. The average Bonchev–Trinajstić information content (AvgIpc) is 3.00. The van der Waals surface area contributed by atoms with Gasteiger partial charge in [0.15, 0.2) is 11.0 Å². The zero-order valence-electron chi connectivity index (χ0n) is 15.9. The third kappa shape index (κ3) is 4.68. The van der Waals surface area contributed by atoms with Crippen LogP contribution in [-0.2, 0) is 11.8 Å². The van der Waals surface area contributed by atoms with Crippen LogP contribution < -0.4 is 10.2 Å². The summed E-state index contributed by atoms with van der Waals surface area (Å²) in [6, 6.07) is 15.9. The van der Waals surface area contributed by atoms with E-state index in [2.05, 4.69) is 20.4 Å². The van der Waals surface area contributed by atoms with Crippen LogP contribution in [-0.4, -0.2) is 40.5 Å². The maximum absolute atomic E-state index is 12.2. The summed E-state index contributed by atoms with van der Waals surface area (Å²) in [7, 11) is 5.93. The molecule has 27 heavy (non-hydrogen) atoms. The van der Waals surface area contributed by atoms with Crippen molar-refractivity contribution in [3.8, 4) is 11.4 Å². The van der Waals surface area contributed by atoms with Gasteiger partial charge in [-0.25, -0.2) is 0 Å². The molecular weight excluding hydrogens is 358 g/mol. The minimum absolute atomic E-state index is 0.0644. The van der Waals surface area contributed by atoms with Crippen LogP contribution in [0.2, 0.25) is 0 Å². The number of thioether (sulfide) groups is 1. The SMILES string of the molecule is Cc1cccc(NC(=O)CSc2nnc(-c3ccc(N(C)C)cc3)n2C)c1. The molecule has 0 aliphatic heterocycles. The summed E-state index contributed by atoms with van der Waals surface area (Å²) < 4.78 is 1.91. The van der Waals surface area contributed by atoms with Gasteiger partial charge in [-0.3, -0.25) is 4.79 Å². The second kappa shape index (κ2) is 8.26. The number of aryl methyl sites for hydroxylation is 1. The zero-order chi connectivity index (χ0) is 19.4. The monoisotopic (exact) mass is 381 g/mol. The Morgan fingerprint density at radius 3 is 2.56 bits per heavy atom. The molecule has 1 amide bonds. The van der Waals surface area contributed by atoms with Gasteiger partial charge < -0.3 is 14.8 Å². The normalized spacial score (nSPS) is 10.7. The minimum Gasteiger partial charge on any atom is -0.378 e. The Morgan fingerprint density at radius 1 is 1.15 bits per heavy atom. The molecule has 1 N–H and O–H groups in total. The second-order valence-corrected chi connectivity index (χ2v) is 7.46. The van der Waals surface area contributed by atoms with Crippen molar-refractivity contribution in [2.45, 2.75) is 12.1 Å². The van der Waals surface area contributed by atoms with Gasteiger partial charge >= 0.3 is 0 Å². The Bertz CT molecular complexity index is 934. The number of anilines is 2. The van der Waals surface area contributed by atoms with Crippen molar-refractivity contribution < 1.29 is 4.79 Å². The number of rotatable bonds is 6. The summed E-state index contributed by atoms with van der Waals surface area (Å²) >= 11 is 1.37. The molecule has 3 rings (SSSR count). The number of carbonyl (C=O) groups excluding carboxylic acids is 1. The molecule has 0 aliphatic carbocycles. The molecule has 0 atom stereocenters. The molecule has 0 bridgehead atoms. The molecule has 0 saturated heterocycles. The highest BCUT2D eigenvalue weighted by Crippen LogP contribution is 2.24. The molecule has 1 heterocycles. The predicted octanol–water partition coefficient (Wildman–Crippen LogP) is 3.59. The van der Waals surface area contributed by atoms with Gasteiger partial charge in [0, 0.05) is 38.1 Å². The van der Waals surface area contributed by atoms with Gasteiger partial charge in [0.25, 0.3) is 0 Å². The molecule has 0 unspecified atom stereocenters. The average molecular weight is 382 g/mol. The number of nitrogens with one attached hydrogen (secondary N) is 1. The van der Waals surface area contributed by atoms with E-state index in [0.29, 0.717) is 5.16 Å². The standard InChI is InChI=1S/C20H23N5OS/c1-14-6-5-7-16(12-14)21-18(26)13-27-20-23-22-19(25(20)4)15-8-10-17(11-9-15)24(2)3/h5-12H,13H2,1-4H3,(H,21,26). The fourth-order valence-electron chi connectivity index (χ4n) is 2.65. The third-order valence-corrected chi connectivity index (χ3v) is 5.13. The smallest absolute Gasteiger partial charge is 0.234 e. The highest BCUT2D eigenvalue weighted by Gasteiger charge is 2.13. The van der Waals surface area contributed by atoms with Gasteiger partial charge in [0.05, 0.1) is 5.75 Å². The van der Waals surface area contributed by atoms with Gasteiger partial charge in [-0.05, 0) is 48.9 Å². The van der Waals surface area contributed by atoms with Crippen LogP contribution in [0.4, 0.5) is 11.4 Å². The summed E-state index contributed by atoms with van der Waals surface area (Å²) in [5.41, 5.74) is 4.04. The maximum Gasteiger partial charge on any atom is 0.234 e. The summed E-state index contributed by atoms with van der Waals surface area (Å²) in [4.78, 5) is 14.2. The van der Waals surface area contributed by atoms with Gasteiger partial charge in [0.1, 0.15) is 0 Å². The van der Waals surface area contributed by atoms with Gasteiger partial charge in [-0.2, -0.15) is 0 Å². The van der Waals surface area contributed by atoms with E-state index in [1.54, 1.807) is 0 Å². The van der Waals surface area contributed by atoms with E-state index in [1.807, 2.05) is 81.2 Å². The molecule has 6 nitrogen and oxygen atoms in total. The van der Waals surface area contributed by atoms with Crippen LogP contribution in [0.1, 0.15) is 5.56 Å². The number of benzene rings is 2. The van der Waals surface area contributed by atoms with E-state index < -0.39 is 0 Å². The van der Waals surface area contributed by atoms with Crippen molar-refractivity contribution in [3.05, 3.63) is 54.1 Å². The van der Waals surface area contributed by atoms with Crippen molar-refractivity contribution >= 4 is 29.0 Å². The maximum atomic E-state index is 12.2. The van der Waals surface area contributed by atoms with E-state index in [0.717, 1.165) is 28.3 Å². The van der Waals surface area contributed by atoms with E-state index in [9.17, 15) is 4.79 Å². The van der Waals surface area contributed by atoms with Gasteiger partial charge in [-0.1, -0.05) is 23.9 Å². The minimum atomic E-state index is -0.0644. The summed E-state index contributed by atoms with van der Waals surface area (Å²) in [5, 5.41) is 12.1. The quantitative estimate of drug-likeness (QED) is 0.661. The molecule has 7 heteroatoms. The number of amides is 1. The molecule has 0 aliphatic rings. The number of aromatic nitrogens is 3. The first-order valence-electron chi connectivity index (χ1n) is 8.60. The molecule has 0 radical (unpaired) electrons. The largest absolute Gasteiger partial charge is 0.378 e. The topological polar surface area (TPSA) is 63.1 Å². The second-order valence-electron chi connectivity index (χ2n) is 6.51. The predicted molar refractivity (Wildman–Crippen MR) is 111 cm³/mol. The molecule has 0 fully saturated rings. The summed E-state index contributed by atoms with van der Waals surface area (Å²) in [5.74, 6) is 0.992. The molecule has 0 saturated carbocycles. The first-order chi connectivity index (χ1) is 12.9. The van der Waals surface area contributed by atoms with E-state index in [1.165, 1.54) is 11.8 Å². The van der Waals surface area contributed by atoms with Crippen LogP contribution in [0.15, 0.2) is 53.7 Å². The first kappa shape index (κ1) is 19.0. The van der Waals surface area contributed by atoms with Crippen molar-refractivity contribution in [2.24, 2.45) is 7.05 Å². The van der Waals surface area contributed by atoms with Crippen molar-refractivity contribution in [1.29, 1.82) is 0 Å². The Labute approximate surface area is 163 Å². The van der Waals surface area contributed by atoms with Crippen molar-refractivity contribution in [1.82, 2.24) is 14.8 Å². The lowest BCUT2D eigenvalue weighted by molar-refractivity contribution is -0.113. The Morgan fingerprint density at radius 2 is 1.89 bits per heavy atom. The van der Waals surface area contributed by atoms with Crippen LogP contribution in [0, 0.1) is 6.92 Å². The Hall–Kier alpha value is -2.80. The zero-order valence-corrected chi connectivity index (χ0v) is 16.7. The highest BCUT2D eigenvalue weighted by molar-refractivity contribution is 7.99. The molecule has 0 spiro atoms. The fourth-order valence-corrected chi connectivity index (χ4v) is 3.36. The Balaban J connectivity index is 1.64. The van der Waals surface area contributed by atoms with Crippen LogP contribution in [0.3, 0.4) is 0 Å². The van der Waals surface area contributed by atoms with Gasteiger partial charge in [0.2, 0.25) is 5.91 Å². The lowest BCUT2D eigenvalue weighted by Gasteiger charge is -2.12. The lowest BCUT2D eigenvalue weighted by atomic mass is 10.2. The van der Waals surface area contributed by atoms with Crippen LogP contribution >= 0.6 is 11.8 Å². The number of hydrogen-bond donors (Lipinski definition) is 1. The number of carbonyl (C=O) groups is 1. The van der Waals surface area contributed by atoms with Crippen molar-refractivity contribution in [2.75, 3.05) is 30.1 Å². The van der Waals surface area contributed by atoms with E-state index in [-0.39, 0.29) is 11.7 Å². The van der Waals surface area contributed by atoms with E-state index in [4.69, 9.17) is 0 Å². The molecule has 2 aromatic carbocycles. The fraction of sp³-hybridized carbons (Fsp3) is 0.250. The molecule has 140 valence electrons. The van der Waals surface area contributed by atoms with Crippen LogP contribution in [0.5, 0.6) is 0 Å². The van der Waals surface area contributed by atoms with Gasteiger partial charge in [-0.15, -0.1) is 10.2 Å². The van der Waals surface area contributed by atoms with Crippen LogP contribution in [0.25, 0.3) is 11.4 Å². The summed E-state index contributed by atoms with van der Waals surface area (Å²) in [6.07, 6.45) is 0. The number of nitrogens with zero attached hydrogens (tertiary/aromatic N) is 4. The highest BCUT2D eigenvalue weighted by atomic mass is 32.2. The lowest BCUT2D eigenvalue weighted by Crippen LogP contribution is -2.14.